The van der Waals surface area contributed by atoms with E-state index < -0.39 is 28.3 Å². The fourth-order valence-electron chi connectivity index (χ4n) is 5.38. The van der Waals surface area contributed by atoms with E-state index in [9.17, 15) is 28.1 Å². The van der Waals surface area contributed by atoms with Gasteiger partial charge >= 0.3 is 6.18 Å². The van der Waals surface area contributed by atoms with Crippen molar-refractivity contribution in [2.75, 3.05) is 45.8 Å². The molecular formula is C27H34Cl3F3N4O4. The molecule has 8 nitrogen and oxygen atoms in total. The number of alkyl halides is 3. The van der Waals surface area contributed by atoms with Crippen LogP contribution in [0.15, 0.2) is 42.5 Å². The number of hydrogen-bond donors (Lipinski definition) is 0. The third-order valence-electron chi connectivity index (χ3n) is 7.14. The van der Waals surface area contributed by atoms with Gasteiger partial charge in [0, 0.05) is 74.6 Å². The van der Waals surface area contributed by atoms with Gasteiger partial charge in [-0.05, 0) is 44.0 Å². The molecule has 0 bridgehead atoms. The van der Waals surface area contributed by atoms with Crippen LogP contribution >= 0.6 is 36.4 Å². The number of hydrogen-bond acceptors (Lipinski definition) is 6. The highest BCUT2D eigenvalue weighted by Gasteiger charge is 2.36. The number of non-ortho nitro benzene ring substituents is 1. The summed E-state index contributed by atoms with van der Waals surface area (Å²) >= 11 is 6.03. The van der Waals surface area contributed by atoms with Gasteiger partial charge < -0.3 is 9.64 Å². The molecule has 0 unspecified atom stereocenters. The number of carbonyl (C=O) groups excluding carboxylic acids is 1. The fourth-order valence-corrected chi connectivity index (χ4v) is 5.50. The monoisotopic (exact) mass is 640 g/mol. The highest BCUT2D eigenvalue weighted by Crippen LogP contribution is 2.33. The highest BCUT2D eigenvalue weighted by atomic mass is 35.5. The predicted octanol–water partition coefficient (Wildman–Crippen LogP) is 5.59. The molecular weight excluding hydrogens is 608 g/mol. The molecule has 2 saturated heterocycles. The van der Waals surface area contributed by atoms with Crippen LogP contribution in [0, 0.1) is 10.1 Å². The van der Waals surface area contributed by atoms with Crippen LogP contribution in [0.3, 0.4) is 0 Å². The molecule has 2 aliphatic heterocycles. The van der Waals surface area contributed by atoms with Crippen LogP contribution in [0.1, 0.15) is 35.3 Å². The number of ether oxygens (including phenoxy) is 1. The van der Waals surface area contributed by atoms with Crippen molar-refractivity contribution in [2.24, 2.45) is 0 Å². The minimum absolute atomic E-state index is 0. The Balaban J connectivity index is 0.00000294. The Kier molecular flexibility index (Phi) is 12.7. The summed E-state index contributed by atoms with van der Waals surface area (Å²) in [5.74, 6) is -0.654. The third-order valence-corrected chi connectivity index (χ3v) is 7.39. The van der Waals surface area contributed by atoms with Gasteiger partial charge in [0.15, 0.2) is 0 Å². The topological polar surface area (TPSA) is 79.2 Å². The van der Waals surface area contributed by atoms with E-state index in [4.69, 9.17) is 16.3 Å². The molecule has 0 N–H and O–H groups in total. The van der Waals surface area contributed by atoms with Crippen molar-refractivity contribution < 1.29 is 27.6 Å². The summed E-state index contributed by atoms with van der Waals surface area (Å²) in [5, 5.41) is 11.9. The first-order chi connectivity index (χ1) is 18.4. The minimum atomic E-state index is -4.82. The summed E-state index contributed by atoms with van der Waals surface area (Å²) in [6, 6.07) is 8.94. The standard InChI is InChI=1S/C27H32ClF3N4O4.2ClH/c1-18-15-33(16-19(2)39-18)8-7-32-9-10-34(25(17-32)11-20-3-5-23(28)6-4-20)26(36)21-12-22(27(29,30)31)14-24(13-21)35(37)38;;/h3-6,12-14,18-19,25H,7-11,15-17H2,1-2H3;2*1H/t18-,19+,25-;;/m1../s1. The Morgan fingerprint density at radius 1 is 1.00 bits per heavy atom. The Morgan fingerprint density at radius 2 is 1.61 bits per heavy atom. The molecule has 2 heterocycles. The second-order valence-electron chi connectivity index (χ2n) is 10.3. The van der Waals surface area contributed by atoms with Gasteiger partial charge in [0.25, 0.3) is 11.6 Å². The maximum absolute atomic E-state index is 13.6. The molecule has 3 atom stereocenters. The van der Waals surface area contributed by atoms with Crippen LogP contribution in [0.25, 0.3) is 0 Å². The van der Waals surface area contributed by atoms with Gasteiger partial charge in [0.05, 0.1) is 22.7 Å². The molecule has 1 amide bonds. The summed E-state index contributed by atoms with van der Waals surface area (Å²) in [6.07, 6.45) is -4.06. The van der Waals surface area contributed by atoms with Crippen molar-refractivity contribution in [2.45, 2.75) is 44.7 Å². The Labute approximate surface area is 254 Å². The van der Waals surface area contributed by atoms with Gasteiger partial charge in [0.1, 0.15) is 0 Å². The average molecular weight is 642 g/mol. The normalized spacial score (nSPS) is 22.0. The molecule has 2 aromatic rings. The van der Waals surface area contributed by atoms with Crippen molar-refractivity contribution >= 4 is 48.0 Å². The largest absolute Gasteiger partial charge is 0.416 e. The quantitative estimate of drug-likeness (QED) is 0.290. The second kappa shape index (κ2) is 14.8. The van der Waals surface area contributed by atoms with Gasteiger partial charge in [-0.3, -0.25) is 24.7 Å². The number of benzene rings is 2. The van der Waals surface area contributed by atoms with Crippen molar-refractivity contribution in [3.63, 3.8) is 0 Å². The zero-order chi connectivity index (χ0) is 28.3. The van der Waals surface area contributed by atoms with E-state index in [1.165, 1.54) is 0 Å². The lowest BCUT2D eigenvalue weighted by atomic mass is 10.00. The molecule has 0 aromatic heterocycles. The fraction of sp³-hybridized carbons (Fsp3) is 0.519. The van der Waals surface area contributed by atoms with E-state index in [1.807, 2.05) is 26.0 Å². The number of piperazine rings is 1. The van der Waals surface area contributed by atoms with Crippen LogP contribution in [0.4, 0.5) is 18.9 Å². The van der Waals surface area contributed by atoms with Crippen LogP contribution in [0.2, 0.25) is 5.02 Å². The molecule has 0 saturated carbocycles. The lowest BCUT2D eigenvalue weighted by Gasteiger charge is -2.43. The summed E-state index contributed by atoms with van der Waals surface area (Å²) in [4.78, 5) is 30.1. The summed E-state index contributed by atoms with van der Waals surface area (Å²) in [6.45, 7) is 8.73. The Morgan fingerprint density at radius 3 is 2.20 bits per heavy atom. The first kappa shape index (κ1) is 35.0. The number of halogens is 6. The minimum Gasteiger partial charge on any atom is -0.373 e. The smallest absolute Gasteiger partial charge is 0.373 e. The van der Waals surface area contributed by atoms with Crippen molar-refractivity contribution in [3.8, 4) is 0 Å². The number of nitro groups is 1. The van der Waals surface area contributed by atoms with E-state index >= 15 is 0 Å². The molecule has 0 radical (unpaired) electrons. The second-order valence-corrected chi connectivity index (χ2v) is 10.8. The lowest BCUT2D eigenvalue weighted by Crippen LogP contribution is -2.57. The van der Waals surface area contributed by atoms with Crippen LogP contribution < -0.4 is 0 Å². The van der Waals surface area contributed by atoms with Crippen LogP contribution in [-0.2, 0) is 17.3 Å². The number of nitrogens with zero attached hydrogens (tertiary/aromatic N) is 4. The zero-order valence-electron chi connectivity index (χ0n) is 22.7. The first-order valence-electron chi connectivity index (χ1n) is 12.9. The predicted molar refractivity (Wildman–Crippen MR) is 155 cm³/mol. The van der Waals surface area contributed by atoms with Gasteiger partial charge in [-0.25, -0.2) is 0 Å². The van der Waals surface area contributed by atoms with Gasteiger partial charge in [-0.2, -0.15) is 13.2 Å². The van der Waals surface area contributed by atoms with Gasteiger partial charge in [0.2, 0.25) is 0 Å². The Bertz CT molecular complexity index is 1180. The molecule has 0 spiro atoms. The SMILES string of the molecule is C[C@@H]1CN(CCN2CCN(C(=O)c3cc([N+](=O)[O-])cc(C(F)(F)F)c3)[C@H](Cc3ccc(Cl)cc3)C2)C[C@H](C)O1.Cl.Cl. The maximum atomic E-state index is 13.6. The van der Waals surface area contributed by atoms with Crippen LogP contribution in [-0.4, -0.2) is 89.6 Å². The molecule has 41 heavy (non-hydrogen) atoms. The third kappa shape index (κ3) is 9.42. The number of nitro benzene ring substituents is 1. The maximum Gasteiger partial charge on any atom is 0.416 e. The lowest BCUT2D eigenvalue weighted by molar-refractivity contribution is -0.385. The summed E-state index contributed by atoms with van der Waals surface area (Å²) in [5.41, 5.74) is -1.41. The van der Waals surface area contributed by atoms with Gasteiger partial charge in [-0.1, -0.05) is 23.7 Å². The van der Waals surface area contributed by atoms with Crippen molar-refractivity contribution in [3.05, 3.63) is 74.3 Å². The zero-order valence-corrected chi connectivity index (χ0v) is 25.1. The molecule has 228 valence electrons. The van der Waals surface area contributed by atoms with E-state index in [1.54, 1.807) is 17.0 Å². The molecule has 0 aliphatic carbocycles. The van der Waals surface area contributed by atoms with Crippen molar-refractivity contribution in [1.29, 1.82) is 0 Å². The molecule has 14 heteroatoms. The first-order valence-corrected chi connectivity index (χ1v) is 13.3. The highest BCUT2D eigenvalue weighted by molar-refractivity contribution is 6.30. The number of amides is 1. The van der Waals surface area contributed by atoms with Crippen molar-refractivity contribution in [1.82, 2.24) is 14.7 Å². The number of rotatable bonds is 7. The van der Waals surface area contributed by atoms with Crippen LogP contribution in [0.5, 0.6) is 0 Å². The number of morpholine rings is 1. The number of carbonyl (C=O) groups is 1. The van der Waals surface area contributed by atoms with E-state index in [-0.39, 0.29) is 55.2 Å². The van der Waals surface area contributed by atoms with E-state index in [2.05, 4.69) is 9.80 Å². The average Bonchev–Trinajstić information content (AvgIpc) is 2.87. The molecule has 4 rings (SSSR count). The van der Waals surface area contributed by atoms with E-state index in [0.29, 0.717) is 36.7 Å². The Hall–Kier alpha value is -2.15. The molecule has 2 aliphatic rings. The summed E-state index contributed by atoms with van der Waals surface area (Å²) in [7, 11) is 0. The summed E-state index contributed by atoms with van der Waals surface area (Å²) < 4.78 is 46.2. The van der Waals surface area contributed by atoms with E-state index in [0.717, 1.165) is 37.8 Å². The van der Waals surface area contributed by atoms with Gasteiger partial charge in [-0.15, -0.1) is 24.8 Å². The molecule has 2 aromatic carbocycles. The molecule has 2 fully saturated rings.